The fourth-order valence-corrected chi connectivity index (χ4v) is 2.63. The number of aromatic nitrogens is 3. The van der Waals surface area contributed by atoms with Crippen molar-refractivity contribution < 1.29 is 14.3 Å². The Bertz CT molecular complexity index is 669. The van der Waals surface area contributed by atoms with Crippen LogP contribution < -0.4 is 0 Å². The molecule has 22 heavy (non-hydrogen) atoms. The molecule has 2 rings (SSSR count). The maximum Gasteiger partial charge on any atom is 0.203 e. The number of carbonyl (C=O) groups excluding carboxylic acids is 1. The van der Waals surface area contributed by atoms with Crippen LogP contribution in [0, 0.1) is 13.8 Å². The van der Waals surface area contributed by atoms with Gasteiger partial charge < -0.3 is 5.11 Å². The Morgan fingerprint density at radius 3 is 2.82 bits per heavy atom. The fourth-order valence-electron chi connectivity index (χ4n) is 2.63. The number of halogens is 1. The third-order valence-corrected chi connectivity index (χ3v) is 3.82. The van der Waals surface area contributed by atoms with Gasteiger partial charge in [0.25, 0.3) is 0 Å². The molecule has 0 spiro atoms. The minimum absolute atomic E-state index is 0.115. The minimum atomic E-state index is -1.70. The van der Waals surface area contributed by atoms with E-state index < -0.39 is 12.4 Å². The van der Waals surface area contributed by atoms with Crippen LogP contribution in [0.3, 0.4) is 0 Å². The maximum absolute atomic E-state index is 14.6. The van der Waals surface area contributed by atoms with Crippen LogP contribution in [0.25, 0.3) is 11.0 Å². The maximum atomic E-state index is 14.6. The number of aliphatic hydroxyl groups is 1. The molecular weight excluding hydrogens is 285 g/mol. The molecule has 2 heterocycles. The lowest BCUT2D eigenvalue weighted by molar-refractivity contribution is -0.122. The highest BCUT2D eigenvalue weighted by Crippen LogP contribution is 2.27. The van der Waals surface area contributed by atoms with E-state index >= 15 is 0 Å². The van der Waals surface area contributed by atoms with Gasteiger partial charge in [-0.3, -0.25) is 9.36 Å². The first-order valence-corrected chi connectivity index (χ1v) is 7.58. The lowest BCUT2D eigenvalue weighted by Crippen LogP contribution is -2.23. The Hall–Kier alpha value is -1.82. The van der Waals surface area contributed by atoms with Gasteiger partial charge in [-0.2, -0.15) is 0 Å². The summed E-state index contributed by atoms with van der Waals surface area (Å²) >= 11 is 0. The van der Waals surface area contributed by atoms with Gasteiger partial charge in [-0.15, -0.1) is 0 Å². The molecule has 0 aliphatic rings. The molecule has 0 aliphatic carbocycles. The predicted octanol–water partition coefficient (Wildman–Crippen LogP) is 3.03. The average Bonchev–Trinajstić information content (AvgIpc) is 2.82. The third-order valence-electron chi connectivity index (χ3n) is 3.82. The molecule has 0 fully saturated rings. The van der Waals surface area contributed by atoms with Gasteiger partial charge in [0.1, 0.15) is 23.9 Å². The molecular formula is C16H22FN3O2. The van der Waals surface area contributed by atoms with Crippen LogP contribution in [-0.2, 0) is 4.79 Å². The molecule has 5 nitrogen and oxygen atoms in total. The van der Waals surface area contributed by atoms with Gasteiger partial charge in [0, 0.05) is 24.4 Å². The van der Waals surface area contributed by atoms with Gasteiger partial charge >= 0.3 is 0 Å². The zero-order chi connectivity index (χ0) is 16.3. The second kappa shape index (κ2) is 6.96. The topological polar surface area (TPSA) is 68.0 Å². The van der Waals surface area contributed by atoms with Crippen LogP contribution in [0.4, 0.5) is 4.39 Å². The predicted molar refractivity (Wildman–Crippen MR) is 82.3 cm³/mol. The van der Waals surface area contributed by atoms with Gasteiger partial charge in [-0.05, 0) is 25.8 Å². The van der Waals surface area contributed by atoms with Crippen molar-refractivity contribution in [3.05, 3.63) is 23.8 Å². The van der Waals surface area contributed by atoms with Crippen LogP contribution in [0.5, 0.6) is 0 Å². The number of Topliss-reactive ketones (excluding diaryl/α,β-unsaturated/α-hetero) is 1. The smallest absolute Gasteiger partial charge is 0.203 e. The first-order valence-electron chi connectivity index (χ1n) is 7.58. The second-order valence-electron chi connectivity index (χ2n) is 5.66. The van der Waals surface area contributed by atoms with E-state index in [1.165, 1.54) is 10.9 Å². The van der Waals surface area contributed by atoms with Crippen molar-refractivity contribution in [3.8, 4) is 0 Å². The van der Waals surface area contributed by atoms with E-state index in [4.69, 9.17) is 0 Å². The Labute approximate surface area is 129 Å². The van der Waals surface area contributed by atoms with Crippen molar-refractivity contribution in [2.24, 2.45) is 0 Å². The number of hydrogen-bond donors (Lipinski definition) is 1. The van der Waals surface area contributed by atoms with E-state index in [0.717, 1.165) is 29.5 Å². The summed E-state index contributed by atoms with van der Waals surface area (Å²) in [7, 11) is 0. The number of fused-ring (bicyclic) bond motifs is 1. The molecule has 0 aliphatic heterocycles. The Kier molecular flexibility index (Phi) is 5.24. The largest absolute Gasteiger partial charge is 0.388 e. The Morgan fingerprint density at radius 2 is 2.14 bits per heavy atom. The number of rotatable bonds is 7. The molecule has 1 N–H and O–H groups in total. The van der Waals surface area contributed by atoms with E-state index in [2.05, 4.69) is 9.97 Å². The monoisotopic (exact) mass is 307 g/mol. The lowest BCUT2D eigenvalue weighted by Gasteiger charge is -2.17. The first kappa shape index (κ1) is 16.5. The molecule has 0 aromatic carbocycles. The molecule has 2 aromatic heterocycles. The van der Waals surface area contributed by atoms with E-state index in [0.29, 0.717) is 12.1 Å². The first-order chi connectivity index (χ1) is 10.5. The number of aliphatic hydroxyl groups excluding tert-OH is 1. The molecule has 0 radical (unpaired) electrons. The molecule has 2 atom stereocenters. The molecule has 2 unspecified atom stereocenters. The second-order valence-corrected chi connectivity index (χ2v) is 5.66. The summed E-state index contributed by atoms with van der Waals surface area (Å²) in [6.07, 6.45) is 1.79. The lowest BCUT2D eigenvalue weighted by atomic mass is 10.1. The quantitative estimate of drug-likeness (QED) is 0.853. The molecule has 2 aromatic rings. The number of alkyl halides is 1. The zero-order valence-electron chi connectivity index (χ0n) is 13.2. The number of carbonyl (C=O) groups is 1. The van der Waals surface area contributed by atoms with Crippen LogP contribution in [0.1, 0.15) is 50.2 Å². The number of nitrogens with zero attached hydrogens (tertiary/aromatic N) is 3. The van der Waals surface area contributed by atoms with Crippen molar-refractivity contribution in [1.29, 1.82) is 0 Å². The van der Waals surface area contributed by atoms with Gasteiger partial charge in [0.2, 0.25) is 6.30 Å². The van der Waals surface area contributed by atoms with Crippen molar-refractivity contribution in [1.82, 2.24) is 14.5 Å². The van der Waals surface area contributed by atoms with Gasteiger partial charge in [-0.25, -0.2) is 14.4 Å². The van der Waals surface area contributed by atoms with Crippen molar-refractivity contribution in [2.45, 2.75) is 58.9 Å². The Morgan fingerprint density at radius 1 is 1.41 bits per heavy atom. The molecule has 120 valence electrons. The minimum Gasteiger partial charge on any atom is -0.388 e. The van der Waals surface area contributed by atoms with Gasteiger partial charge in [-0.1, -0.05) is 13.3 Å². The number of unbranched alkanes of at least 4 members (excludes halogenated alkanes) is 1. The summed E-state index contributed by atoms with van der Waals surface area (Å²) in [5.41, 5.74) is 2.06. The molecule has 0 saturated heterocycles. The van der Waals surface area contributed by atoms with Crippen LogP contribution in [-0.4, -0.2) is 31.5 Å². The van der Waals surface area contributed by atoms with E-state index in [9.17, 15) is 14.3 Å². The highest BCUT2D eigenvalue weighted by molar-refractivity contribution is 5.82. The molecule has 0 saturated carbocycles. The summed E-state index contributed by atoms with van der Waals surface area (Å²) in [6, 6.07) is 0. The van der Waals surface area contributed by atoms with Crippen molar-refractivity contribution in [3.63, 3.8) is 0 Å². The average molecular weight is 307 g/mol. The van der Waals surface area contributed by atoms with Crippen LogP contribution >= 0.6 is 0 Å². The standard InChI is InChI=1S/C16H22FN3O2/c1-4-5-6-12(21)7-13(22)15(17)20-8-10(2)14-11(3)18-9-19-16(14)20/h8-9,13,15,22H,4-7H2,1-3H3. The van der Waals surface area contributed by atoms with Crippen LogP contribution in [0.2, 0.25) is 0 Å². The Balaban J connectivity index is 2.21. The zero-order valence-corrected chi connectivity index (χ0v) is 13.2. The van der Waals surface area contributed by atoms with Gasteiger partial charge in [0.15, 0.2) is 0 Å². The molecule has 6 heteroatoms. The van der Waals surface area contributed by atoms with E-state index in [1.54, 1.807) is 6.20 Å². The molecule has 0 amide bonds. The summed E-state index contributed by atoms with van der Waals surface area (Å²) < 4.78 is 15.9. The summed E-state index contributed by atoms with van der Waals surface area (Å²) in [5.74, 6) is -0.115. The number of ketones is 1. The van der Waals surface area contributed by atoms with Crippen molar-refractivity contribution >= 4 is 16.8 Å². The number of hydrogen-bond acceptors (Lipinski definition) is 4. The summed E-state index contributed by atoms with van der Waals surface area (Å²) in [4.78, 5) is 19.9. The van der Waals surface area contributed by atoms with Crippen LogP contribution in [0.15, 0.2) is 12.5 Å². The van der Waals surface area contributed by atoms with E-state index in [-0.39, 0.29) is 12.2 Å². The highest BCUT2D eigenvalue weighted by Gasteiger charge is 2.25. The molecule has 0 bridgehead atoms. The number of aryl methyl sites for hydroxylation is 2. The third kappa shape index (κ3) is 3.32. The summed E-state index contributed by atoms with van der Waals surface area (Å²) in [5, 5.41) is 10.8. The van der Waals surface area contributed by atoms with E-state index in [1.807, 2.05) is 20.8 Å². The van der Waals surface area contributed by atoms with Gasteiger partial charge in [0.05, 0.1) is 5.69 Å². The fraction of sp³-hybridized carbons (Fsp3) is 0.562. The SMILES string of the molecule is CCCCC(=O)CC(O)C(F)n1cc(C)c2c(C)ncnc21. The highest BCUT2D eigenvalue weighted by atomic mass is 19.1. The van der Waals surface area contributed by atoms with Crippen molar-refractivity contribution in [2.75, 3.05) is 0 Å². The normalized spacial score (nSPS) is 14.2. The summed E-state index contributed by atoms with van der Waals surface area (Å²) in [6.45, 7) is 5.67.